The average Bonchev–Trinajstić information content (AvgIpc) is 1.08. The van der Waals surface area contributed by atoms with E-state index in [1.165, 1.54) is 77.2 Å². The van der Waals surface area contributed by atoms with Crippen LogP contribution in [0, 0.1) is 41.5 Å². The van der Waals surface area contributed by atoms with E-state index >= 15 is 0 Å². The minimum absolute atomic E-state index is 0.893. The van der Waals surface area contributed by atoms with E-state index in [0.29, 0.717) is 0 Å². The molecule has 0 N–H and O–H groups in total. The third-order valence-corrected chi connectivity index (χ3v) is 18.5. The Kier molecular flexibility index (Phi) is 11.9. The molecule has 0 fully saturated rings. The van der Waals surface area contributed by atoms with Gasteiger partial charge in [0.25, 0.3) is 0 Å². The summed E-state index contributed by atoms with van der Waals surface area (Å²) < 4.78 is 13.2. The summed E-state index contributed by atoms with van der Waals surface area (Å²) in [7, 11) is 0. The van der Waals surface area contributed by atoms with Crippen molar-refractivity contribution < 1.29 is 8.83 Å². The number of furan rings is 2. The van der Waals surface area contributed by atoms with E-state index in [1.54, 1.807) is 0 Å². The molecule has 0 saturated heterocycles. The Morgan fingerprint density at radius 1 is 0.244 bits per heavy atom. The molecule has 16 rings (SSSR count). The van der Waals surface area contributed by atoms with E-state index in [1.807, 2.05) is 12.1 Å². The standard InChI is InChI=1S/C82H60N2O2/c1-49-43-57(44-50(2)53(49)5)73-47-75(83(59-19-9-7-10-20-59)61-35-31-55(32-36-61)63-25-17-27-69-65-23-13-15-29-77(65)85-81(63)69)71-42-40-68-74(58-45-51(3)54(6)52(4)46-58)48-76(72-41-39-67(73)79(71)80(68)72)84(60-21-11-8-12-22-60)62-37-33-56(34-38-62)64-26-18-28-70-66-24-14-16-30-78(66)86-82(64)70/h7-48H,1-6H3. The summed E-state index contributed by atoms with van der Waals surface area (Å²) in [5.41, 5.74) is 26.8. The number of fused-ring (bicyclic) bond motifs is 6. The van der Waals surface area contributed by atoms with Crippen molar-refractivity contribution in [1.29, 1.82) is 0 Å². The molecule has 0 bridgehead atoms. The van der Waals surface area contributed by atoms with Crippen LogP contribution in [-0.4, -0.2) is 0 Å². The monoisotopic (exact) mass is 1100 g/mol. The summed E-state index contributed by atoms with van der Waals surface area (Å²) >= 11 is 0. The fourth-order valence-electron chi connectivity index (χ4n) is 13.7. The smallest absolute Gasteiger partial charge is 0.143 e. The lowest BCUT2D eigenvalue weighted by atomic mass is 9.84. The highest BCUT2D eigenvalue weighted by molar-refractivity contribution is 6.32. The Balaban J connectivity index is 0.964. The molecule has 0 aliphatic heterocycles. The van der Waals surface area contributed by atoms with E-state index in [-0.39, 0.29) is 0 Å². The van der Waals surface area contributed by atoms with Crippen molar-refractivity contribution in [2.24, 2.45) is 0 Å². The van der Waals surface area contributed by atoms with Gasteiger partial charge in [0.15, 0.2) is 0 Å². The summed E-state index contributed by atoms with van der Waals surface area (Å²) in [5, 5.41) is 11.7. The highest BCUT2D eigenvalue weighted by Crippen LogP contribution is 2.53. The van der Waals surface area contributed by atoms with Crippen molar-refractivity contribution in [3.05, 3.63) is 288 Å². The zero-order chi connectivity index (χ0) is 57.9. The molecule has 86 heavy (non-hydrogen) atoms. The van der Waals surface area contributed by atoms with Gasteiger partial charge in [0.1, 0.15) is 22.3 Å². The van der Waals surface area contributed by atoms with Crippen LogP contribution in [0.3, 0.4) is 0 Å². The van der Waals surface area contributed by atoms with E-state index in [9.17, 15) is 0 Å². The maximum absolute atomic E-state index is 6.59. The van der Waals surface area contributed by atoms with Crippen LogP contribution in [0.5, 0.6) is 0 Å². The predicted molar refractivity (Wildman–Crippen MR) is 364 cm³/mol. The lowest BCUT2D eigenvalue weighted by Gasteiger charge is -2.31. The molecule has 16 aromatic rings. The summed E-state index contributed by atoms with van der Waals surface area (Å²) in [6.45, 7) is 13.5. The summed E-state index contributed by atoms with van der Waals surface area (Å²) in [5.74, 6) is 0. The number of hydrogen-bond donors (Lipinski definition) is 0. The first-order chi connectivity index (χ1) is 42.1. The first-order valence-electron chi connectivity index (χ1n) is 29.8. The second kappa shape index (κ2) is 20.0. The third kappa shape index (κ3) is 8.12. The van der Waals surface area contributed by atoms with E-state index in [0.717, 1.165) is 111 Å². The van der Waals surface area contributed by atoms with Gasteiger partial charge in [0, 0.05) is 77.0 Å². The maximum Gasteiger partial charge on any atom is 0.143 e. The van der Waals surface area contributed by atoms with Crippen molar-refractivity contribution in [3.8, 4) is 44.5 Å². The van der Waals surface area contributed by atoms with Crippen LogP contribution in [0.1, 0.15) is 33.4 Å². The van der Waals surface area contributed by atoms with Crippen molar-refractivity contribution in [1.82, 2.24) is 0 Å². The molecule has 0 saturated carbocycles. The highest BCUT2D eigenvalue weighted by atomic mass is 16.3. The van der Waals surface area contributed by atoms with Gasteiger partial charge in [-0.1, -0.05) is 182 Å². The molecular weight excluding hydrogens is 1040 g/mol. The lowest BCUT2D eigenvalue weighted by molar-refractivity contribution is 0.669. The van der Waals surface area contributed by atoms with Crippen LogP contribution in [0.25, 0.3) is 121 Å². The van der Waals surface area contributed by atoms with Gasteiger partial charge in [-0.15, -0.1) is 0 Å². The van der Waals surface area contributed by atoms with E-state index in [4.69, 9.17) is 8.83 Å². The highest BCUT2D eigenvalue weighted by Gasteiger charge is 2.27. The van der Waals surface area contributed by atoms with Crippen LogP contribution in [0.2, 0.25) is 0 Å². The van der Waals surface area contributed by atoms with Crippen LogP contribution in [-0.2, 0) is 0 Å². The van der Waals surface area contributed by atoms with Gasteiger partial charge in [0.05, 0.1) is 11.4 Å². The summed E-state index contributed by atoms with van der Waals surface area (Å²) in [4.78, 5) is 4.93. The van der Waals surface area contributed by atoms with Crippen molar-refractivity contribution in [2.45, 2.75) is 41.5 Å². The molecule has 0 aliphatic rings. The number of nitrogens with zero attached hydrogens (tertiary/aromatic N) is 2. The van der Waals surface area contributed by atoms with Gasteiger partial charge in [-0.05, 0) is 192 Å². The number of anilines is 6. The minimum Gasteiger partial charge on any atom is -0.455 e. The largest absolute Gasteiger partial charge is 0.455 e. The Morgan fingerprint density at radius 3 is 0.977 bits per heavy atom. The molecule has 410 valence electrons. The number of benzene rings is 14. The Labute approximate surface area is 500 Å². The van der Waals surface area contributed by atoms with Crippen molar-refractivity contribution in [3.63, 3.8) is 0 Å². The molecule has 4 heteroatoms. The van der Waals surface area contributed by atoms with Crippen LogP contribution >= 0.6 is 0 Å². The lowest BCUT2D eigenvalue weighted by Crippen LogP contribution is -2.12. The topological polar surface area (TPSA) is 32.8 Å². The first-order valence-corrected chi connectivity index (χ1v) is 29.8. The normalized spacial score (nSPS) is 11.8. The van der Waals surface area contributed by atoms with Crippen molar-refractivity contribution in [2.75, 3.05) is 9.80 Å². The zero-order valence-corrected chi connectivity index (χ0v) is 49.0. The van der Waals surface area contributed by atoms with Gasteiger partial charge in [-0.2, -0.15) is 0 Å². The maximum atomic E-state index is 6.59. The van der Waals surface area contributed by atoms with Gasteiger partial charge in [0.2, 0.25) is 0 Å². The minimum atomic E-state index is 0.893. The SMILES string of the molecule is Cc1cc(-c2cc(N(c3ccccc3)c3ccc(-c4cccc5c4oc4ccccc45)cc3)c3ccc4c(-c5cc(C)c(C)c(C)c5)cc(N(c5ccccc5)c5ccc(-c6cccc7c6oc6ccccc67)cc5)c5ccc2c3c45)cc(C)c1C. The zero-order valence-electron chi connectivity index (χ0n) is 49.0. The Hall–Kier alpha value is -10.7. The van der Waals surface area contributed by atoms with E-state index < -0.39 is 0 Å². The van der Waals surface area contributed by atoms with Crippen LogP contribution in [0.15, 0.2) is 264 Å². The average molecular weight is 1110 g/mol. The Morgan fingerprint density at radius 2 is 0.581 bits per heavy atom. The number of para-hydroxylation sites is 6. The van der Waals surface area contributed by atoms with Crippen molar-refractivity contribution >= 4 is 110 Å². The second-order valence-electron chi connectivity index (χ2n) is 23.4. The summed E-state index contributed by atoms with van der Waals surface area (Å²) in [6, 6.07) is 93.6. The number of hydrogen-bond acceptors (Lipinski definition) is 4. The molecule has 14 aromatic carbocycles. The first kappa shape index (κ1) is 51.0. The quantitative estimate of drug-likeness (QED) is 0.128. The van der Waals surface area contributed by atoms with Gasteiger partial charge >= 0.3 is 0 Å². The van der Waals surface area contributed by atoms with E-state index in [2.05, 4.69) is 294 Å². The molecule has 4 nitrogen and oxygen atoms in total. The Bertz CT molecular complexity index is 4960. The molecule has 0 atom stereocenters. The molecular formula is C82H60N2O2. The fourth-order valence-corrected chi connectivity index (χ4v) is 13.7. The summed E-state index contributed by atoms with van der Waals surface area (Å²) in [6.07, 6.45) is 0. The van der Waals surface area contributed by atoms with Crippen LogP contribution in [0.4, 0.5) is 34.1 Å². The van der Waals surface area contributed by atoms with Gasteiger partial charge in [-0.25, -0.2) is 0 Å². The fraction of sp³-hybridized carbons (Fsp3) is 0.0732. The number of aryl methyl sites for hydroxylation is 4. The molecule has 0 spiro atoms. The molecule has 0 unspecified atom stereocenters. The molecule has 2 heterocycles. The predicted octanol–water partition coefficient (Wildman–Crippen LogP) is 23.8. The van der Waals surface area contributed by atoms with Gasteiger partial charge < -0.3 is 18.6 Å². The van der Waals surface area contributed by atoms with Crippen LogP contribution < -0.4 is 9.80 Å². The molecule has 0 amide bonds. The number of rotatable bonds is 10. The second-order valence-corrected chi connectivity index (χ2v) is 23.4. The molecule has 2 aromatic heterocycles. The molecule has 0 radical (unpaired) electrons. The van der Waals surface area contributed by atoms with Gasteiger partial charge in [-0.3, -0.25) is 0 Å². The third-order valence-electron chi connectivity index (χ3n) is 18.5. The molecule has 0 aliphatic carbocycles.